The summed E-state index contributed by atoms with van der Waals surface area (Å²) in [4.78, 5) is 16.4. The molecule has 5 nitrogen and oxygen atoms in total. The second-order valence-corrected chi connectivity index (χ2v) is 5.84. The minimum atomic E-state index is 0.0183. The summed E-state index contributed by atoms with van der Waals surface area (Å²) in [6.07, 6.45) is 6.38. The number of nitrogens with zero attached hydrogens (tertiary/aromatic N) is 1. The van der Waals surface area contributed by atoms with E-state index in [4.69, 9.17) is 10.5 Å². The number of hydrogen-bond donors (Lipinski definition) is 2. The summed E-state index contributed by atoms with van der Waals surface area (Å²) in [6.45, 7) is 0.573. The highest BCUT2D eigenvalue weighted by Crippen LogP contribution is 2.32. The SMILES string of the molecule is NC[C@H]1CCC[C@H]1C(=O)Nc1cccc(Oc2ccncc2)c1. The van der Waals surface area contributed by atoms with Crippen molar-refractivity contribution in [2.45, 2.75) is 19.3 Å². The van der Waals surface area contributed by atoms with Crippen LogP contribution in [0.4, 0.5) is 5.69 Å². The molecule has 23 heavy (non-hydrogen) atoms. The summed E-state index contributed by atoms with van der Waals surface area (Å²) in [5.41, 5.74) is 6.50. The van der Waals surface area contributed by atoms with Gasteiger partial charge in [0.25, 0.3) is 0 Å². The van der Waals surface area contributed by atoms with Gasteiger partial charge in [-0.05, 0) is 49.6 Å². The smallest absolute Gasteiger partial charge is 0.227 e. The van der Waals surface area contributed by atoms with Gasteiger partial charge < -0.3 is 15.8 Å². The molecule has 0 radical (unpaired) electrons. The van der Waals surface area contributed by atoms with Crippen LogP contribution in [0.2, 0.25) is 0 Å². The van der Waals surface area contributed by atoms with Crippen molar-refractivity contribution >= 4 is 11.6 Å². The number of rotatable bonds is 5. The van der Waals surface area contributed by atoms with E-state index in [-0.39, 0.29) is 11.8 Å². The van der Waals surface area contributed by atoms with Gasteiger partial charge in [-0.15, -0.1) is 0 Å². The Labute approximate surface area is 135 Å². The van der Waals surface area contributed by atoms with Crippen molar-refractivity contribution in [3.05, 3.63) is 48.8 Å². The van der Waals surface area contributed by atoms with Crippen LogP contribution in [-0.4, -0.2) is 17.4 Å². The highest BCUT2D eigenvalue weighted by atomic mass is 16.5. The van der Waals surface area contributed by atoms with Crippen LogP contribution in [0.1, 0.15) is 19.3 Å². The van der Waals surface area contributed by atoms with Gasteiger partial charge in [-0.25, -0.2) is 0 Å². The highest BCUT2D eigenvalue weighted by molar-refractivity contribution is 5.93. The molecule has 0 aliphatic heterocycles. The molecule has 0 spiro atoms. The van der Waals surface area contributed by atoms with Gasteiger partial charge in [-0.1, -0.05) is 12.5 Å². The second kappa shape index (κ2) is 7.24. The fraction of sp³-hybridized carbons (Fsp3) is 0.333. The Kier molecular flexibility index (Phi) is 4.88. The van der Waals surface area contributed by atoms with E-state index >= 15 is 0 Å². The average molecular weight is 311 g/mol. The van der Waals surface area contributed by atoms with Crippen LogP contribution in [-0.2, 0) is 4.79 Å². The largest absolute Gasteiger partial charge is 0.457 e. The van der Waals surface area contributed by atoms with Crippen molar-refractivity contribution in [1.29, 1.82) is 0 Å². The number of ether oxygens (including phenoxy) is 1. The average Bonchev–Trinajstić information content (AvgIpc) is 3.05. The molecule has 2 aromatic rings. The molecular formula is C18H21N3O2. The number of amides is 1. The zero-order valence-corrected chi connectivity index (χ0v) is 12.9. The Morgan fingerprint density at radius 2 is 2.04 bits per heavy atom. The van der Waals surface area contributed by atoms with Crippen LogP contribution < -0.4 is 15.8 Å². The lowest BCUT2D eigenvalue weighted by Gasteiger charge is -2.17. The summed E-state index contributed by atoms with van der Waals surface area (Å²) in [6, 6.07) is 11.0. The molecule has 1 amide bonds. The molecule has 1 aliphatic carbocycles. The minimum absolute atomic E-state index is 0.0183. The Bertz CT molecular complexity index is 660. The van der Waals surface area contributed by atoms with Gasteiger partial charge in [0.05, 0.1) is 0 Å². The number of benzene rings is 1. The molecule has 3 rings (SSSR count). The molecule has 0 unspecified atom stereocenters. The molecule has 1 aromatic carbocycles. The van der Waals surface area contributed by atoms with Crippen LogP contribution in [0.5, 0.6) is 11.5 Å². The Morgan fingerprint density at radius 1 is 1.22 bits per heavy atom. The Morgan fingerprint density at radius 3 is 2.83 bits per heavy atom. The van der Waals surface area contributed by atoms with E-state index in [2.05, 4.69) is 10.3 Å². The normalized spacial score (nSPS) is 20.2. The number of anilines is 1. The Hall–Kier alpha value is -2.40. The van der Waals surface area contributed by atoms with Gasteiger partial charge in [0, 0.05) is 30.1 Å². The first-order chi connectivity index (χ1) is 11.3. The lowest BCUT2D eigenvalue weighted by molar-refractivity contribution is -0.120. The summed E-state index contributed by atoms with van der Waals surface area (Å²) in [7, 11) is 0. The van der Waals surface area contributed by atoms with Gasteiger partial charge in [0.1, 0.15) is 11.5 Å². The third kappa shape index (κ3) is 3.87. The van der Waals surface area contributed by atoms with E-state index in [1.165, 1.54) is 0 Å². The van der Waals surface area contributed by atoms with E-state index < -0.39 is 0 Å². The molecule has 0 saturated heterocycles. The number of nitrogens with two attached hydrogens (primary N) is 1. The fourth-order valence-electron chi connectivity index (χ4n) is 3.08. The Balaban J connectivity index is 1.66. The van der Waals surface area contributed by atoms with Crippen LogP contribution in [0, 0.1) is 11.8 Å². The zero-order chi connectivity index (χ0) is 16.1. The monoisotopic (exact) mass is 311 g/mol. The molecule has 1 heterocycles. The molecule has 3 N–H and O–H groups in total. The van der Waals surface area contributed by atoms with Gasteiger partial charge in [0.15, 0.2) is 0 Å². The quantitative estimate of drug-likeness (QED) is 0.889. The van der Waals surface area contributed by atoms with Crippen LogP contribution >= 0.6 is 0 Å². The molecule has 1 aliphatic rings. The van der Waals surface area contributed by atoms with E-state index in [9.17, 15) is 4.79 Å². The van der Waals surface area contributed by atoms with Crippen molar-refractivity contribution in [2.75, 3.05) is 11.9 Å². The number of aromatic nitrogens is 1. The lowest BCUT2D eigenvalue weighted by Crippen LogP contribution is -2.29. The number of pyridine rings is 1. The maximum absolute atomic E-state index is 12.4. The summed E-state index contributed by atoms with van der Waals surface area (Å²) >= 11 is 0. The highest BCUT2D eigenvalue weighted by Gasteiger charge is 2.31. The van der Waals surface area contributed by atoms with Crippen LogP contribution in [0.3, 0.4) is 0 Å². The summed E-state index contributed by atoms with van der Waals surface area (Å²) in [5, 5.41) is 2.99. The van der Waals surface area contributed by atoms with E-state index in [1.807, 2.05) is 24.3 Å². The minimum Gasteiger partial charge on any atom is -0.457 e. The first-order valence-corrected chi connectivity index (χ1v) is 7.95. The van der Waals surface area contributed by atoms with Crippen molar-refractivity contribution < 1.29 is 9.53 Å². The van der Waals surface area contributed by atoms with Gasteiger partial charge >= 0.3 is 0 Å². The van der Waals surface area contributed by atoms with Gasteiger partial charge in [-0.3, -0.25) is 9.78 Å². The van der Waals surface area contributed by atoms with E-state index in [0.717, 1.165) is 24.9 Å². The molecule has 1 saturated carbocycles. The number of carbonyl (C=O) groups excluding carboxylic acids is 1. The van der Waals surface area contributed by atoms with Crippen molar-refractivity contribution in [2.24, 2.45) is 17.6 Å². The summed E-state index contributed by atoms with van der Waals surface area (Å²) < 4.78 is 5.76. The zero-order valence-electron chi connectivity index (χ0n) is 12.9. The molecule has 0 bridgehead atoms. The predicted octanol–water partition coefficient (Wildman–Crippen LogP) is 3.19. The molecule has 5 heteroatoms. The molecular weight excluding hydrogens is 290 g/mol. The van der Waals surface area contributed by atoms with Crippen LogP contribution in [0.25, 0.3) is 0 Å². The van der Waals surface area contributed by atoms with Crippen molar-refractivity contribution in [3.8, 4) is 11.5 Å². The molecule has 2 atom stereocenters. The van der Waals surface area contributed by atoms with Crippen molar-refractivity contribution in [3.63, 3.8) is 0 Å². The third-order valence-electron chi connectivity index (χ3n) is 4.29. The first-order valence-electron chi connectivity index (χ1n) is 7.95. The second-order valence-electron chi connectivity index (χ2n) is 5.84. The molecule has 1 fully saturated rings. The number of nitrogens with one attached hydrogen (secondary N) is 1. The van der Waals surface area contributed by atoms with Gasteiger partial charge in [-0.2, -0.15) is 0 Å². The number of carbonyl (C=O) groups is 1. The maximum atomic E-state index is 12.4. The topological polar surface area (TPSA) is 77.2 Å². The lowest BCUT2D eigenvalue weighted by atomic mass is 9.95. The predicted molar refractivity (Wildman–Crippen MR) is 89.3 cm³/mol. The standard InChI is InChI=1S/C18H21N3O2/c19-12-13-3-1-6-17(13)18(22)21-14-4-2-5-16(11-14)23-15-7-9-20-10-8-15/h2,4-5,7-11,13,17H,1,3,6,12,19H2,(H,21,22)/t13-,17-/m1/s1. The van der Waals surface area contributed by atoms with Crippen LogP contribution in [0.15, 0.2) is 48.8 Å². The maximum Gasteiger partial charge on any atom is 0.227 e. The summed E-state index contributed by atoms with van der Waals surface area (Å²) in [5.74, 6) is 1.76. The fourth-order valence-corrected chi connectivity index (χ4v) is 3.08. The van der Waals surface area contributed by atoms with E-state index in [1.54, 1.807) is 24.5 Å². The van der Waals surface area contributed by atoms with E-state index in [0.29, 0.717) is 24.0 Å². The van der Waals surface area contributed by atoms with Gasteiger partial charge in [0.2, 0.25) is 5.91 Å². The first kappa shape index (κ1) is 15.5. The molecule has 120 valence electrons. The third-order valence-corrected chi connectivity index (χ3v) is 4.29. The number of hydrogen-bond acceptors (Lipinski definition) is 4. The molecule has 1 aromatic heterocycles. The van der Waals surface area contributed by atoms with Crippen molar-refractivity contribution in [1.82, 2.24) is 4.98 Å².